The number of aryl methyl sites for hydroxylation is 1. The number of benzene rings is 1. The van der Waals surface area contributed by atoms with Crippen LogP contribution in [0.1, 0.15) is 11.1 Å². The minimum Gasteiger partial charge on any atom is -0.244 e. The van der Waals surface area contributed by atoms with Gasteiger partial charge >= 0.3 is 0 Å². The number of halogens is 1. The second-order valence-electron chi connectivity index (χ2n) is 4.05. The highest BCUT2D eigenvalue weighted by molar-refractivity contribution is 7.89. The Morgan fingerprint density at radius 2 is 1.95 bits per heavy atom. The molecule has 2 aromatic rings. The Hall–Kier alpha value is -1.92. The molecule has 0 aliphatic heterocycles. The molecule has 20 heavy (non-hydrogen) atoms. The molecular weight excluding hydrogens is 298 g/mol. The molecule has 0 unspecified atom stereocenters. The van der Waals surface area contributed by atoms with Crippen LogP contribution >= 0.6 is 11.6 Å². The van der Waals surface area contributed by atoms with E-state index in [1.54, 1.807) is 24.3 Å². The molecule has 2 rings (SSSR count). The third-order valence-electron chi connectivity index (χ3n) is 2.50. The van der Waals surface area contributed by atoms with Crippen molar-refractivity contribution in [1.29, 1.82) is 0 Å². The molecule has 5 nitrogen and oxygen atoms in total. The van der Waals surface area contributed by atoms with E-state index >= 15 is 0 Å². The van der Waals surface area contributed by atoms with E-state index < -0.39 is 10.0 Å². The molecule has 1 aromatic carbocycles. The average Bonchev–Trinajstić information content (AvgIpc) is 2.41. The lowest BCUT2D eigenvalue weighted by molar-refractivity contribution is 0.584. The van der Waals surface area contributed by atoms with Gasteiger partial charge in [0, 0.05) is 11.8 Å². The number of rotatable bonds is 4. The maximum absolute atomic E-state index is 11.9. The summed E-state index contributed by atoms with van der Waals surface area (Å²) in [6, 6.07) is 9.84. The van der Waals surface area contributed by atoms with Gasteiger partial charge in [0.05, 0.1) is 11.1 Å². The standard InChI is InChI=1S/C13H12ClN3O2S/c1-10-4-6-12(7-5-10)20(18,19)17-16-9-11-3-2-8-15-13(11)14/h2-9,17H,1H3/b16-9+. The van der Waals surface area contributed by atoms with Crippen molar-refractivity contribution in [2.45, 2.75) is 11.8 Å². The van der Waals surface area contributed by atoms with Gasteiger partial charge in [-0.25, -0.2) is 9.82 Å². The highest BCUT2D eigenvalue weighted by atomic mass is 35.5. The lowest BCUT2D eigenvalue weighted by atomic mass is 10.2. The van der Waals surface area contributed by atoms with E-state index in [1.165, 1.54) is 24.5 Å². The van der Waals surface area contributed by atoms with Gasteiger partial charge in [-0.05, 0) is 31.2 Å². The van der Waals surface area contributed by atoms with Crippen molar-refractivity contribution in [2.75, 3.05) is 0 Å². The number of hydrazone groups is 1. The molecule has 0 atom stereocenters. The number of nitrogens with zero attached hydrogens (tertiary/aromatic N) is 2. The van der Waals surface area contributed by atoms with Crippen LogP contribution in [0.5, 0.6) is 0 Å². The zero-order valence-corrected chi connectivity index (χ0v) is 12.2. The molecule has 1 heterocycles. The Morgan fingerprint density at radius 3 is 2.60 bits per heavy atom. The van der Waals surface area contributed by atoms with Gasteiger partial charge in [0.1, 0.15) is 5.15 Å². The molecule has 0 radical (unpaired) electrons. The molecule has 0 aliphatic carbocycles. The minimum absolute atomic E-state index is 0.150. The fourth-order valence-corrected chi connectivity index (χ4v) is 2.39. The van der Waals surface area contributed by atoms with E-state index in [0.717, 1.165) is 5.56 Å². The summed E-state index contributed by atoms with van der Waals surface area (Å²) in [5.41, 5.74) is 1.51. The van der Waals surface area contributed by atoms with Crippen LogP contribution in [-0.2, 0) is 10.0 Å². The Bertz CT molecular complexity index is 728. The molecule has 0 fully saturated rings. The van der Waals surface area contributed by atoms with Gasteiger partial charge < -0.3 is 0 Å². The molecule has 1 N–H and O–H groups in total. The summed E-state index contributed by atoms with van der Waals surface area (Å²) < 4.78 is 23.9. The zero-order valence-electron chi connectivity index (χ0n) is 10.6. The predicted molar refractivity (Wildman–Crippen MR) is 78.3 cm³/mol. The van der Waals surface area contributed by atoms with Crippen LogP contribution in [0.4, 0.5) is 0 Å². The highest BCUT2D eigenvalue weighted by Gasteiger charge is 2.11. The highest BCUT2D eigenvalue weighted by Crippen LogP contribution is 2.10. The lowest BCUT2D eigenvalue weighted by Gasteiger charge is -2.03. The average molecular weight is 310 g/mol. The van der Waals surface area contributed by atoms with E-state index in [-0.39, 0.29) is 10.0 Å². The van der Waals surface area contributed by atoms with Gasteiger partial charge in [0.2, 0.25) is 0 Å². The molecule has 104 valence electrons. The topological polar surface area (TPSA) is 71.4 Å². The monoisotopic (exact) mass is 309 g/mol. The van der Waals surface area contributed by atoms with Crippen molar-refractivity contribution >= 4 is 27.8 Å². The number of pyridine rings is 1. The molecule has 0 saturated carbocycles. The van der Waals surface area contributed by atoms with E-state index in [4.69, 9.17) is 11.6 Å². The Balaban J connectivity index is 2.14. The summed E-state index contributed by atoms with van der Waals surface area (Å²) in [5.74, 6) is 0. The second-order valence-corrected chi connectivity index (χ2v) is 6.07. The first-order chi connectivity index (χ1) is 9.49. The normalized spacial score (nSPS) is 11.7. The summed E-state index contributed by atoms with van der Waals surface area (Å²) in [6.45, 7) is 1.88. The first-order valence-corrected chi connectivity index (χ1v) is 7.57. The van der Waals surface area contributed by atoms with E-state index in [2.05, 4.69) is 14.9 Å². The van der Waals surface area contributed by atoms with Gasteiger partial charge in [0.15, 0.2) is 0 Å². The van der Waals surface area contributed by atoms with Gasteiger partial charge in [-0.2, -0.15) is 13.5 Å². The van der Waals surface area contributed by atoms with Crippen molar-refractivity contribution in [3.63, 3.8) is 0 Å². The number of hydrogen-bond acceptors (Lipinski definition) is 4. The maximum Gasteiger partial charge on any atom is 0.276 e. The third-order valence-corrected chi connectivity index (χ3v) is 4.05. The molecule has 1 aromatic heterocycles. The van der Waals surface area contributed by atoms with E-state index in [9.17, 15) is 8.42 Å². The first-order valence-electron chi connectivity index (χ1n) is 5.71. The Morgan fingerprint density at radius 1 is 1.25 bits per heavy atom. The van der Waals surface area contributed by atoms with Crippen LogP contribution in [0.25, 0.3) is 0 Å². The van der Waals surface area contributed by atoms with Crippen molar-refractivity contribution in [1.82, 2.24) is 9.82 Å². The second kappa shape index (κ2) is 6.02. The first kappa shape index (κ1) is 14.5. The van der Waals surface area contributed by atoms with Gasteiger partial charge in [-0.3, -0.25) is 0 Å². The largest absolute Gasteiger partial charge is 0.276 e. The van der Waals surface area contributed by atoms with Crippen molar-refractivity contribution in [2.24, 2.45) is 5.10 Å². The minimum atomic E-state index is -3.67. The zero-order chi connectivity index (χ0) is 14.6. The van der Waals surface area contributed by atoms with Crippen LogP contribution in [0.2, 0.25) is 5.15 Å². The SMILES string of the molecule is Cc1ccc(S(=O)(=O)N/N=C/c2cccnc2Cl)cc1. The van der Waals surface area contributed by atoms with Crippen molar-refractivity contribution < 1.29 is 8.42 Å². The Labute approximate surface area is 122 Å². The van der Waals surface area contributed by atoms with Crippen LogP contribution in [-0.4, -0.2) is 19.6 Å². The lowest BCUT2D eigenvalue weighted by Crippen LogP contribution is -2.18. The molecule has 7 heteroatoms. The summed E-state index contributed by atoms with van der Waals surface area (Å²) >= 11 is 5.83. The molecule has 0 saturated heterocycles. The molecular formula is C13H12ClN3O2S. The molecule has 0 amide bonds. The summed E-state index contributed by atoms with van der Waals surface area (Å²) in [7, 11) is -3.67. The van der Waals surface area contributed by atoms with Crippen LogP contribution in [0, 0.1) is 6.92 Å². The fourth-order valence-electron chi connectivity index (χ4n) is 1.43. The summed E-state index contributed by atoms with van der Waals surface area (Å²) in [5, 5.41) is 3.94. The molecule has 0 bridgehead atoms. The van der Waals surface area contributed by atoms with E-state index in [1.807, 2.05) is 6.92 Å². The van der Waals surface area contributed by atoms with Gasteiger partial charge in [-0.1, -0.05) is 29.3 Å². The van der Waals surface area contributed by atoms with Crippen LogP contribution in [0.15, 0.2) is 52.6 Å². The van der Waals surface area contributed by atoms with Gasteiger partial charge in [-0.15, -0.1) is 0 Å². The predicted octanol–water partition coefficient (Wildman–Crippen LogP) is 2.36. The van der Waals surface area contributed by atoms with E-state index in [0.29, 0.717) is 5.56 Å². The summed E-state index contributed by atoms with van der Waals surface area (Å²) in [6.07, 6.45) is 2.84. The number of aromatic nitrogens is 1. The summed E-state index contributed by atoms with van der Waals surface area (Å²) in [4.78, 5) is 6.14. The van der Waals surface area contributed by atoms with Crippen molar-refractivity contribution in [3.05, 3.63) is 58.9 Å². The number of hydrogen-bond donors (Lipinski definition) is 1. The number of nitrogens with one attached hydrogen (secondary N) is 1. The van der Waals surface area contributed by atoms with Crippen LogP contribution in [0.3, 0.4) is 0 Å². The molecule has 0 spiro atoms. The molecule has 0 aliphatic rings. The van der Waals surface area contributed by atoms with Crippen molar-refractivity contribution in [3.8, 4) is 0 Å². The maximum atomic E-state index is 11.9. The fraction of sp³-hybridized carbons (Fsp3) is 0.0769. The van der Waals surface area contributed by atoms with Gasteiger partial charge in [0.25, 0.3) is 10.0 Å². The third kappa shape index (κ3) is 3.55. The van der Waals surface area contributed by atoms with Crippen LogP contribution < -0.4 is 4.83 Å². The smallest absolute Gasteiger partial charge is 0.244 e. The number of sulfonamides is 1. The Kier molecular flexibility index (Phi) is 4.36. The quantitative estimate of drug-likeness (QED) is 0.535.